The molecule has 0 fully saturated rings. The monoisotopic (exact) mass is 433 g/mol. The second-order valence-electron chi connectivity index (χ2n) is 8.52. The smallest absolute Gasteiger partial charge is 0.412 e. The molecule has 9 nitrogen and oxygen atoms in total. The maximum absolute atomic E-state index is 13.0. The lowest BCUT2D eigenvalue weighted by atomic mass is 10.2. The summed E-state index contributed by atoms with van der Waals surface area (Å²) in [4.78, 5) is 36.7. The summed E-state index contributed by atoms with van der Waals surface area (Å²) in [6.07, 6.45) is 4.18. The highest BCUT2D eigenvalue weighted by Crippen LogP contribution is 2.34. The molecule has 1 aliphatic rings. The molecule has 2 aromatic rings. The van der Waals surface area contributed by atoms with Crippen molar-refractivity contribution in [3.05, 3.63) is 36.0 Å². The van der Waals surface area contributed by atoms with Crippen molar-refractivity contribution in [3.63, 3.8) is 0 Å². The van der Waals surface area contributed by atoms with Crippen molar-refractivity contribution in [1.29, 1.82) is 0 Å². The standard InChI is InChI=1S/C20H27N5O4S/c1-20(2,3)29-18(26)22-14-8-7-9-15(10-14)25-16-13(12-24(4)19(25)27)11-21-17(23-16)30(5,6)28/h7-11,30H,12H2,1-6H3,(H,22,26). The van der Waals surface area contributed by atoms with Crippen molar-refractivity contribution in [2.24, 2.45) is 0 Å². The molecule has 0 atom stereocenters. The number of urea groups is 1. The Morgan fingerprint density at radius 3 is 2.60 bits per heavy atom. The van der Waals surface area contributed by atoms with Gasteiger partial charge in [-0.05, 0) is 51.5 Å². The first kappa shape index (κ1) is 21.7. The lowest BCUT2D eigenvalue weighted by Gasteiger charge is -2.34. The Labute approximate surface area is 176 Å². The minimum Gasteiger partial charge on any atom is -0.444 e. The zero-order valence-electron chi connectivity index (χ0n) is 18.0. The van der Waals surface area contributed by atoms with Crippen LogP contribution in [-0.4, -0.2) is 56.4 Å². The molecule has 0 saturated carbocycles. The Balaban J connectivity index is 2.00. The zero-order chi connectivity index (χ0) is 22.3. The van der Waals surface area contributed by atoms with Gasteiger partial charge in [0.25, 0.3) is 0 Å². The molecule has 0 unspecified atom stereocenters. The van der Waals surface area contributed by atoms with Gasteiger partial charge in [-0.2, -0.15) is 0 Å². The van der Waals surface area contributed by atoms with Crippen molar-refractivity contribution in [2.75, 3.05) is 29.8 Å². The molecule has 0 saturated heterocycles. The minimum atomic E-state index is -2.71. The van der Waals surface area contributed by atoms with Gasteiger partial charge in [-0.25, -0.2) is 24.5 Å². The second kappa shape index (κ2) is 7.67. The third kappa shape index (κ3) is 4.76. The van der Waals surface area contributed by atoms with E-state index >= 15 is 0 Å². The average molecular weight is 434 g/mol. The van der Waals surface area contributed by atoms with Crippen LogP contribution in [0.1, 0.15) is 26.3 Å². The second-order valence-corrected chi connectivity index (χ2v) is 11.6. The Kier molecular flexibility index (Phi) is 5.55. The van der Waals surface area contributed by atoms with E-state index in [1.165, 1.54) is 9.80 Å². The van der Waals surface area contributed by atoms with Crippen LogP contribution in [0.4, 0.5) is 26.8 Å². The minimum absolute atomic E-state index is 0.214. The van der Waals surface area contributed by atoms with Gasteiger partial charge in [0.2, 0.25) is 0 Å². The molecule has 1 aromatic heterocycles. The van der Waals surface area contributed by atoms with Crippen LogP contribution in [0.3, 0.4) is 0 Å². The van der Waals surface area contributed by atoms with Gasteiger partial charge in [-0.15, -0.1) is 0 Å². The first-order valence-electron chi connectivity index (χ1n) is 9.42. The van der Waals surface area contributed by atoms with Gasteiger partial charge in [0.1, 0.15) is 5.60 Å². The summed E-state index contributed by atoms with van der Waals surface area (Å²) >= 11 is 0. The van der Waals surface area contributed by atoms with E-state index < -0.39 is 21.6 Å². The number of thiol groups is 1. The summed E-state index contributed by atoms with van der Waals surface area (Å²) in [5.41, 5.74) is 1.08. The van der Waals surface area contributed by atoms with Crippen LogP contribution < -0.4 is 10.2 Å². The topological polar surface area (TPSA) is 105 Å². The van der Waals surface area contributed by atoms with Gasteiger partial charge in [0, 0.05) is 24.5 Å². The van der Waals surface area contributed by atoms with Crippen LogP contribution >= 0.6 is 0 Å². The molecule has 3 amide bonds. The number of hydrogen-bond donors (Lipinski definition) is 2. The summed E-state index contributed by atoms with van der Waals surface area (Å²) < 4.78 is 17.8. The number of carbonyl (C=O) groups excluding carboxylic acids is 2. The fourth-order valence-electron chi connectivity index (χ4n) is 2.91. The number of rotatable bonds is 3. The number of nitrogens with one attached hydrogen (secondary N) is 1. The van der Waals surface area contributed by atoms with Gasteiger partial charge in [-0.3, -0.25) is 9.53 Å². The largest absolute Gasteiger partial charge is 0.444 e. The molecular formula is C20H27N5O4S. The van der Waals surface area contributed by atoms with E-state index in [4.69, 9.17) is 4.74 Å². The Morgan fingerprint density at radius 1 is 1.27 bits per heavy atom. The number of nitrogens with zero attached hydrogens (tertiary/aromatic N) is 4. The number of hydrogen-bond acceptors (Lipinski definition) is 6. The normalized spacial score (nSPS) is 14.9. The fraction of sp³-hybridized carbons (Fsp3) is 0.400. The molecular weight excluding hydrogens is 406 g/mol. The summed E-state index contributed by atoms with van der Waals surface area (Å²) in [6.45, 7) is 5.68. The highest BCUT2D eigenvalue weighted by Gasteiger charge is 2.32. The quantitative estimate of drug-likeness (QED) is 0.569. The van der Waals surface area contributed by atoms with Crippen molar-refractivity contribution >= 4 is 39.2 Å². The van der Waals surface area contributed by atoms with Gasteiger partial charge >= 0.3 is 12.1 Å². The fourth-order valence-corrected chi connectivity index (χ4v) is 3.59. The van der Waals surface area contributed by atoms with E-state index in [9.17, 15) is 13.8 Å². The lowest BCUT2D eigenvalue weighted by Crippen LogP contribution is -2.43. The molecule has 162 valence electrons. The number of carbonyl (C=O) groups is 2. The SMILES string of the molecule is CN1Cc2cnc([SH](C)(C)=O)nc2N(c2cccc(NC(=O)OC(C)(C)C)c2)C1=O. The summed E-state index contributed by atoms with van der Waals surface area (Å²) in [5, 5.41) is 2.89. The van der Waals surface area contributed by atoms with E-state index in [1.807, 2.05) is 0 Å². The Hall–Kier alpha value is -3.01. The molecule has 0 aliphatic carbocycles. The molecule has 3 rings (SSSR count). The molecule has 30 heavy (non-hydrogen) atoms. The van der Waals surface area contributed by atoms with Crippen LogP contribution in [0.5, 0.6) is 0 Å². The van der Waals surface area contributed by atoms with Crippen molar-refractivity contribution in [3.8, 4) is 0 Å². The predicted molar refractivity (Wildman–Crippen MR) is 117 cm³/mol. The lowest BCUT2D eigenvalue weighted by molar-refractivity contribution is 0.0636. The van der Waals surface area contributed by atoms with Crippen LogP contribution in [-0.2, 0) is 21.2 Å². The molecule has 10 heteroatoms. The maximum Gasteiger partial charge on any atom is 0.412 e. The summed E-state index contributed by atoms with van der Waals surface area (Å²) in [5.74, 6) is 0.390. The molecule has 0 bridgehead atoms. The van der Waals surface area contributed by atoms with Crippen molar-refractivity contribution in [2.45, 2.75) is 38.1 Å². The predicted octanol–water partition coefficient (Wildman–Crippen LogP) is 3.16. The number of fused-ring (bicyclic) bond motifs is 1. The van der Waals surface area contributed by atoms with E-state index in [0.717, 1.165) is 5.56 Å². The van der Waals surface area contributed by atoms with Crippen LogP contribution in [0, 0.1) is 0 Å². The summed E-state index contributed by atoms with van der Waals surface area (Å²) in [7, 11) is -1.03. The number of anilines is 3. The highest BCUT2D eigenvalue weighted by atomic mass is 32.2. The first-order valence-corrected chi connectivity index (χ1v) is 12.0. The molecule has 0 radical (unpaired) electrons. The first-order chi connectivity index (χ1) is 13.8. The van der Waals surface area contributed by atoms with Crippen LogP contribution in [0.2, 0.25) is 0 Å². The number of amides is 3. The number of benzene rings is 1. The summed E-state index contributed by atoms with van der Waals surface area (Å²) in [6, 6.07) is 6.52. The van der Waals surface area contributed by atoms with Gasteiger partial charge in [0.15, 0.2) is 11.0 Å². The van der Waals surface area contributed by atoms with Gasteiger partial charge < -0.3 is 9.64 Å². The number of aromatic nitrogens is 2. The van der Waals surface area contributed by atoms with E-state index in [2.05, 4.69) is 15.3 Å². The van der Waals surface area contributed by atoms with Gasteiger partial charge in [-0.1, -0.05) is 16.0 Å². The third-order valence-electron chi connectivity index (χ3n) is 4.20. The van der Waals surface area contributed by atoms with Crippen LogP contribution in [0.25, 0.3) is 0 Å². The van der Waals surface area contributed by atoms with Crippen LogP contribution in [0.15, 0.2) is 35.6 Å². The highest BCUT2D eigenvalue weighted by molar-refractivity contribution is 8.01. The van der Waals surface area contributed by atoms with Crippen molar-refractivity contribution < 1.29 is 18.5 Å². The average Bonchev–Trinajstić information content (AvgIpc) is 2.60. The molecule has 2 heterocycles. The molecule has 1 N–H and O–H groups in total. The van der Waals surface area contributed by atoms with E-state index in [0.29, 0.717) is 23.7 Å². The zero-order valence-corrected chi connectivity index (χ0v) is 18.9. The Bertz CT molecular complexity index is 1040. The molecule has 1 aromatic carbocycles. The maximum atomic E-state index is 13.0. The van der Waals surface area contributed by atoms with E-state index in [-0.39, 0.29) is 11.2 Å². The third-order valence-corrected chi connectivity index (χ3v) is 5.38. The molecule has 0 spiro atoms. The van der Waals surface area contributed by atoms with Gasteiger partial charge in [0.05, 0.1) is 12.2 Å². The van der Waals surface area contributed by atoms with Crippen molar-refractivity contribution in [1.82, 2.24) is 14.9 Å². The Morgan fingerprint density at radius 2 is 1.97 bits per heavy atom. The van der Waals surface area contributed by atoms with E-state index in [1.54, 1.807) is 70.8 Å². The number of ether oxygens (including phenoxy) is 1. The molecule has 1 aliphatic heterocycles.